The van der Waals surface area contributed by atoms with Crippen LogP contribution in [0.3, 0.4) is 0 Å². The molecular weight excluding hydrogens is 212 g/mol. The molecule has 98 valence electrons. The minimum absolute atomic E-state index is 0.0731. The topological polar surface area (TPSA) is 29.5 Å². The molecule has 1 aliphatic rings. The highest BCUT2D eigenvalue weighted by Crippen LogP contribution is 2.37. The van der Waals surface area contributed by atoms with Crippen molar-refractivity contribution < 1.29 is 9.84 Å². The van der Waals surface area contributed by atoms with Gasteiger partial charge in [0.25, 0.3) is 0 Å². The molecule has 0 amide bonds. The maximum Gasteiger partial charge on any atom is 0.0883 e. The molecule has 0 aromatic rings. The van der Waals surface area contributed by atoms with Crippen LogP contribution in [0.4, 0.5) is 0 Å². The van der Waals surface area contributed by atoms with Gasteiger partial charge in [-0.1, -0.05) is 17.7 Å². The number of allylic oxidation sites excluding steroid dienone is 2. The Bertz CT molecular complexity index is 300. The molecule has 1 saturated heterocycles. The van der Waals surface area contributed by atoms with Crippen molar-refractivity contribution in [2.75, 3.05) is 0 Å². The van der Waals surface area contributed by atoms with E-state index in [1.165, 1.54) is 5.57 Å². The summed E-state index contributed by atoms with van der Waals surface area (Å²) in [6.07, 6.45) is 7.44. The van der Waals surface area contributed by atoms with Gasteiger partial charge in [0.05, 0.1) is 17.3 Å². The van der Waals surface area contributed by atoms with Crippen molar-refractivity contribution in [3.8, 4) is 0 Å². The lowest BCUT2D eigenvalue weighted by molar-refractivity contribution is -0.112. The van der Waals surface area contributed by atoms with Gasteiger partial charge in [0.2, 0.25) is 0 Å². The number of hydrogen-bond donors (Lipinski definition) is 1. The molecule has 0 aromatic heterocycles. The standard InChI is InChI=1S/C15H26O2/c1-6-14(4)11-9-13(17-14)15(5,16)10-7-8-12(2)3/h6,8,13,16H,1,7,9-11H2,2-5H3/t13-,14-,15+/m1/s1. The molecule has 1 heterocycles. The summed E-state index contributed by atoms with van der Waals surface area (Å²) >= 11 is 0. The lowest BCUT2D eigenvalue weighted by Gasteiger charge is -2.31. The summed E-state index contributed by atoms with van der Waals surface area (Å²) in [7, 11) is 0. The molecule has 2 heteroatoms. The van der Waals surface area contributed by atoms with Crippen molar-refractivity contribution >= 4 is 0 Å². The molecule has 0 radical (unpaired) electrons. The minimum Gasteiger partial charge on any atom is -0.387 e. The zero-order valence-corrected chi connectivity index (χ0v) is 11.6. The van der Waals surface area contributed by atoms with Crippen molar-refractivity contribution in [3.63, 3.8) is 0 Å². The Labute approximate surface area is 105 Å². The van der Waals surface area contributed by atoms with Crippen LogP contribution in [0.1, 0.15) is 53.4 Å². The second-order valence-electron chi connectivity index (χ2n) is 5.84. The Kier molecular flexibility index (Phi) is 4.56. The number of aliphatic hydroxyl groups is 1. The maximum absolute atomic E-state index is 10.5. The average molecular weight is 238 g/mol. The molecule has 0 spiro atoms. The molecule has 2 nitrogen and oxygen atoms in total. The third-order valence-corrected chi connectivity index (χ3v) is 3.64. The van der Waals surface area contributed by atoms with Crippen molar-refractivity contribution in [2.24, 2.45) is 0 Å². The smallest absolute Gasteiger partial charge is 0.0883 e. The Balaban J connectivity index is 2.54. The highest BCUT2D eigenvalue weighted by Gasteiger charge is 2.42. The van der Waals surface area contributed by atoms with Gasteiger partial charge < -0.3 is 9.84 Å². The van der Waals surface area contributed by atoms with Crippen LogP contribution in [0.25, 0.3) is 0 Å². The first kappa shape index (κ1) is 14.5. The van der Waals surface area contributed by atoms with Crippen molar-refractivity contribution in [3.05, 3.63) is 24.3 Å². The van der Waals surface area contributed by atoms with Crippen LogP contribution in [-0.4, -0.2) is 22.4 Å². The summed E-state index contributed by atoms with van der Waals surface area (Å²) in [6, 6.07) is 0. The molecule has 3 atom stereocenters. The predicted molar refractivity (Wildman–Crippen MR) is 72.0 cm³/mol. The molecule has 0 unspecified atom stereocenters. The highest BCUT2D eigenvalue weighted by atomic mass is 16.5. The van der Waals surface area contributed by atoms with Crippen LogP contribution in [-0.2, 0) is 4.74 Å². The zero-order chi connectivity index (χ0) is 13.1. The molecule has 0 aromatic carbocycles. The van der Waals surface area contributed by atoms with E-state index >= 15 is 0 Å². The summed E-state index contributed by atoms with van der Waals surface area (Å²) in [4.78, 5) is 0. The monoisotopic (exact) mass is 238 g/mol. The molecule has 1 fully saturated rings. The van der Waals surface area contributed by atoms with E-state index in [1.54, 1.807) is 0 Å². The van der Waals surface area contributed by atoms with Crippen LogP contribution in [0.5, 0.6) is 0 Å². The zero-order valence-electron chi connectivity index (χ0n) is 11.6. The van der Waals surface area contributed by atoms with Crippen LogP contribution >= 0.6 is 0 Å². The summed E-state index contributed by atoms with van der Waals surface area (Å²) < 4.78 is 5.93. The highest BCUT2D eigenvalue weighted by molar-refractivity contribution is 5.03. The van der Waals surface area contributed by atoms with E-state index in [-0.39, 0.29) is 11.7 Å². The summed E-state index contributed by atoms with van der Waals surface area (Å²) in [5.74, 6) is 0. The van der Waals surface area contributed by atoms with Crippen LogP contribution in [0.2, 0.25) is 0 Å². The molecule has 17 heavy (non-hydrogen) atoms. The van der Waals surface area contributed by atoms with E-state index in [2.05, 4.69) is 26.5 Å². The van der Waals surface area contributed by atoms with Crippen molar-refractivity contribution in [2.45, 2.75) is 70.7 Å². The lowest BCUT2D eigenvalue weighted by Crippen LogP contribution is -2.40. The summed E-state index contributed by atoms with van der Waals surface area (Å²) in [5.41, 5.74) is 0.293. The SMILES string of the molecule is C=C[C@]1(C)CC[C@H]([C@@](C)(O)CCC=C(C)C)O1. The second kappa shape index (κ2) is 5.36. The summed E-state index contributed by atoms with van der Waals surface area (Å²) in [5, 5.41) is 10.5. The Morgan fingerprint density at radius 3 is 2.71 bits per heavy atom. The minimum atomic E-state index is -0.743. The van der Waals surface area contributed by atoms with Gasteiger partial charge >= 0.3 is 0 Å². The largest absolute Gasteiger partial charge is 0.387 e. The molecule has 0 aliphatic carbocycles. The van der Waals surface area contributed by atoms with Crippen molar-refractivity contribution in [1.82, 2.24) is 0 Å². The maximum atomic E-state index is 10.5. The first-order chi connectivity index (χ1) is 7.79. The number of rotatable bonds is 5. The third kappa shape index (κ3) is 3.97. The first-order valence-electron chi connectivity index (χ1n) is 6.46. The van der Waals surface area contributed by atoms with E-state index in [0.29, 0.717) is 0 Å². The first-order valence-corrected chi connectivity index (χ1v) is 6.46. The van der Waals surface area contributed by atoms with E-state index in [0.717, 1.165) is 25.7 Å². The fourth-order valence-electron chi connectivity index (χ4n) is 2.26. The Morgan fingerprint density at radius 1 is 1.59 bits per heavy atom. The van der Waals surface area contributed by atoms with Gasteiger partial charge in [-0.05, 0) is 53.4 Å². The van der Waals surface area contributed by atoms with Gasteiger partial charge in [-0.3, -0.25) is 0 Å². The molecule has 0 saturated carbocycles. The fourth-order valence-corrected chi connectivity index (χ4v) is 2.26. The number of ether oxygens (including phenoxy) is 1. The third-order valence-electron chi connectivity index (χ3n) is 3.64. The normalized spacial score (nSPS) is 31.9. The van der Waals surface area contributed by atoms with Crippen LogP contribution < -0.4 is 0 Å². The Hall–Kier alpha value is -0.600. The molecule has 1 N–H and O–H groups in total. The quantitative estimate of drug-likeness (QED) is 0.741. The molecule has 1 rings (SSSR count). The summed E-state index contributed by atoms with van der Waals surface area (Å²) in [6.45, 7) is 11.9. The fraction of sp³-hybridized carbons (Fsp3) is 0.733. The van der Waals surface area contributed by atoms with Gasteiger partial charge in [0.15, 0.2) is 0 Å². The molecular formula is C15H26O2. The van der Waals surface area contributed by atoms with Crippen LogP contribution in [0.15, 0.2) is 24.3 Å². The van der Waals surface area contributed by atoms with Crippen molar-refractivity contribution in [1.29, 1.82) is 0 Å². The lowest BCUT2D eigenvalue weighted by atomic mass is 9.90. The van der Waals surface area contributed by atoms with Gasteiger partial charge in [-0.15, -0.1) is 6.58 Å². The van der Waals surface area contributed by atoms with E-state index in [4.69, 9.17) is 4.74 Å². The van der Waals surface area contributed by atoms with Gasteiger partial charge in [-0.2, -0.15) is 0 Å². The predicted octanol–water partition coefficient (Wildman–Crippen LogP) is 3.61. The van der Waals surface area contributed by atoms with E-state index in [1.807, 2.05) is 19.9 Å². The molecule has 0 bridgehead atoms. The molecule has 1 aliphatic heterocycles. The van der Waals surface area contributed by atoms with E-state index in [9.17, 15) is 5.11 Å². The second-order valence-corrected chi connectivity index (χ2v) is 5.84. The van der Waals surface area contributed by atoms with Gasteiger partial charge in [0.1, 0.15) is 0 Å². The van der Waals surface area contributed by atoms with Crippen LogP contribution in [0, 0.1) is 0 Å². The van der Waals surface area contributed by atoms with Gasteiger partial charge in [-0.25, -0.2) is 0 Å². The van der Waals surface area contributed by atoms with E-state index < -0.39 is 5.60 Å². The average Bonchev–Trinajstić information content (AvgIpc) is 2.62. The Morgan fingerprint density at radius 2 is 2.24 bits per heavy atom. The number of hydrogen-bond acceptors (Lipinski definition) is 2. The van der Waals surface area contributed by atoms with Gasteiger partial charge in [0, 0.05) is 0 Å².